The van der Waals surface area contributed by atoms with Gasteiger partial charge in [-0.15, -0.1) is 0 Å². The molecule has 0 aromatic rings. The molecule has 1 unspecified atom stereocenters. The van der Waals surface area contributed by atoms with E-state index in [1.165, 1.54) is 14.0 Å². The van der Waals surface area contributed by atoms with Gasteiger partial charge in [0.2, 0.25) is 6.10 Å². The van der Waals surface area contributed by atoms with E-state index < -0.39 is 18.0 Å². The molecule has 0 aliphatic rings. The molecule has 0 fully saturated rings. The Morgan fingerprint density at radius 2 is 1.86 bits per heavy atom. The van der Waals surface area contributed by atoms with Crippen molar-refractivity contribution in [2.45, 2.75) is 32.8 Å². The molecule has 0 bridgehead atoms. The number of carbonyl (C=O) groups excluding carboxylic acids is 3. The smallest absolute Gasteiger partial charge is 0.347 e. The Hall–Kier alpha value is -1.39. The molecule has 5 nitrogen and oxygen atoms in total. The van der Waals surface area contributed by atoms with E-state index in [2.05, 4.69) is 9.47 Å². The van der Waals surface area contributed by atoms with Crippen LogP contribution in [0.2, 0.25) is 0 Å². The van der Waals surface area contributed by atoms with E-state index in [9.17, 15) is 14.4 Å². The van der Waals surface area contributed by atoms with Crippen molar-refractivity contribution in [2.24, 2.45) is 0 Å². The first-order valence-electron chi connectivity index (χ1n) is 4.28. The van der Waals surface area contributed by atoms with Crippen LogP contribution in [0.3, 0.4) is 0 Å². The first kappa shape index (κ1) is 12.6. The zero-order valence-corrected chi connectivity index (χ0v) is 8.53. The van der Waals surface area contributed by atoms with Crippen molar-refractivity contribution in [3.8, 4) is 0 Å². The zero-order chi connectivity index (χ0) is 11.1. The highest BCUT2D eigenvalue weighted by Crippen LogP contribution is 2.04. The van der Waals surface area contributed by atoms with Gasteiger partial charge in [0.15, 0.2) is 0 Å². The van der Waals surface area contributed by atoms with Gasteiger partial charge in [0, 0.05) is 13.3 Å². The van der Waals surface area contributed by atoms with Crippen LogP contribution in [0.15, 0.2) is 0 Å². The minimum absolute atomic E-state index is 0.122. The highest BCUT2D eigenvalue weighted by molar-refractivity contribution is 5.87. The highest BCUT2D eigenvalue weighted by Gasteiger charge is 2.24. The second kappa shape index (κ2) is 6.12. The van der Waals surface area contributed by atoms with Crippen LogP contribution in [0.25, 0.3) is 0 Å². The lowest BCUT2D eigenvalue weighted by atomic mass is 10.1. The molecule has 0 N–H and O–H groups in total. The number of carbonyl (C=O) groups is 3. The Morgan fingerprint density at radius 1 is 1.29 bits per heavy atom. The van der Waals surface area contributed by atoms with Crippen molar-refractivity contribution in [1.82, 2.24) is 0 Å². The Labute approximate surface area is 82.4 Å². The molecule has 14 heavy (non-hydrogen) atoms. The maximum Gasteiger partial charge on any atom is 0.347 e. The predicted molar refractivity (Wildman–Crippen MR) is 47.5 cm³/mol. The molecule has 80 valence electrons. The number of hydrogen-bond donors (Lipinski definition) is 0. The van der Waals surface area contributed by atoms with E-state index >= 15 is 0 Å². The van der Waals surface area contributed by atoms with Gasteiger partial charge in [-0.25, -0.2) is 4.79 Å². The first-order valence-corrected chi connectivity index (χ1v) is 4.28. The van der Waals surface area contributed by atoms with Gasteiger partial charge in [0.25, 0.3) is 0 Å². The number of esters is 2. The van der Waals surface area contributed by atoms with Crippen LogP contribution in [-0.4, -0.2) is 30.9 Å². The summed E-state index contributed by atoms with van der Waals surface area (Å²) >= 11 is 0. The van der Waals surface area contributed by atoms with E-state index in [1.54, 1.807) is 6.92 Å². The average Bonchev–Trinajstić information content (AvgIpc) is 2.14. The fraction of sp³-hybridized carbons (Fsp3) is 0.667. The summed E-state index contributed by atoms with van der Waals surface area (Å²) in [5.74, 6) is -1.46. The maximum atomic E-state index is 11.0. The molecular weight excluding hydrogens is 188 g/mol. The van der Waals surface area contributed by atoms with Crippen molar-refractivity contribution in [3.63, 3.8) is 0 Å². The lowest BCUT2D eigenvalue weighted by Crippen LogP contribution is -2.29. The number of ketones is 1. The molecule has 0 rings (SSSR count). The monoisotopic (exact) mass is 202 g/mol. The fourth-order valence-electron chi connectivity index (χ4n) is 0.856. The van der Waals surface area contributed by atoms with E-state index in [-0.39, 0.29) is 12.2 Å². The quantitative estimate of drug-likeness (QED) is 0.606. The summed E-state index contributed by atoms with van der Waals surface area (Å²) in [4.78, 5) is 32.7. The number of methoxy groups -OCH3 is 1. The third-order valence-electron chi connectivity index (χ3n) is 1.58. The number of rotatable bonds is 5. The van der Waals surface area contributed by atoms with Gasteiger partial charge in [0.1, 0.15) is 5.78 Å². The van der Waals surface area contributed by atoms with Gasteiger partial charge >= 0.3 is 11.9 Å². The molecule has 0 aliphatic heterocycles. The molecule has 0 saturated heterocycles. The molecule has 0 aromatic carbocycles. The van der Waals surface area contributed by atoms with Gasteiger partial charge in [0.05, 0.1) is 13.5 Å². The van der Waals surface area contributed by atoms with Gasteiger partial charge in [-0.2, -0.15) is 0 Å². The topological polar surface area (TPSA) is 69.7 Å². The molecule has 0 heterocycles. The van der Waals surface area contributed by atoms with E-state index in [1.807, 2.05) is 0 Å². The van der Waals surface area contributed by atoms with Crippen LogP contribution in [-0.2, 0) is 23.9 Å². The van der Waals surface area contributed by atoms with Crippen LogP contribution < -0.4 is 0 Å². The van der Waals surface area contributed by atoms with Crippen molar-refractivity contribution in [1.29, 1.82) is 0 Å². The van der Waals surface area contributed by atoms with Crippen molar-refractivity contribution in [2.75, 3.05) is 7.11 Å². The predicted octanol–water partition coefficient (Wildman–Crippen LogP) is 0.460. The molecule has 0 radical (unpaired) electrons. The van der Waals surface area contributed by atoms with Crippen LogP contribution in [0, 0.1) is 0 Å². The molecule has 0 spiro atoms. The Bertz CT molecular complexity index is 233. The Balaban J connectivity index is 4.31. The van der Waals surface area contributed by atoms with E-state index in [0.717, 1.165) is 0 Å². The van der Waals surface area contributed by atoms with E-state index in [4.69, 9.17) is 0 Å². The third kappa shape index (κ3) is 4.59. The largest absolute Gasteiger partial charge is 0.466 e. The highest BCUT2D eigenvalue weighted by atomic mass is 16.6. The van der Waals surface area contributed by atoms with Crippen LogP contribution >= 0.6 is 0 Å². The maximum absolute atomic E-state index is 11.0. The van der Waals surface area contributed by atoms with Crippen LogP contribution in [0.1, 0.15) is 26.7 Å². The zero-order valence-electron chi connectivity index (χ0n) is 8.53. The summed E-state index contributed by atoms with van der Waals surface area (Å²) in [6.07, 6.45) is -0.928. The molecular formula is C9H14O5. The summed E-state index contributed by atoms with van der Waals surface area (Å²) in [6.45, 7) is 2.84. The minimum Gasteiger partial charge on any atom is -0.466 e. The summed E-state index contributed by atoms with van der Waals surface area (Å²) in [7, 11) is 1.18. The first-order chi connectivity index (χ1) is 6.51. The minimum atomic E-state index is -1.11. The van der Waals surface area contributed by atoms with Crippen LogP contribution in [0.5, 0.6) is 0 Å². The molecule has 0 aliphatic carbocycles. The van der Waals surface area contributed by atoms with Gasteiger partial charge in [-0.3, -0.25) is 9.59 Å². The number of hydrogen-bond acceptors (Lipinski definition) is 5. The Kier molecular flexibility index (Phi) is 5.52. The normalized spacial score (nSPS) is 11.6. The third-order valence-corrected chi connectivity index (χ3v) is 1.58. The molecule has 1 atom stereocenters. The molecule has 0 aromatic heterocycles. The van der Waals surface area contributed by atoms with Crippen LogP contribution in [0.4, 0.5) is 0 Å². The fourth-order valence-corrected chi connectivity index (χ4v) is 0.856. The summed E-state index contributed by atoms with van der Waals surface area (Å²) < 4.78 is 9.03. The number of ether oxygens (including phenoxy) is 2. The van der Waals surface area contributed by atoms with Gasteiger partial charge in [-0.05, 0) is 0 Å². The lowest BCUT2D eigenvalue weighted by Gasteiger charge is -2.12. The standard InChI is InChI=1S/C9H14O5/c1-4-7(11)5-8(9(12)13-3)14-6(2)10/h8H,4-5H2,1-3H3. The summed E-state index contributed by atoms with van der Waals surface area (Å²) in [6, 6.07) is 0. The molecule has 0 amide bonds. The summed E-state index contributed by atoms with van der Waals surface area (Å²) in [5, 5.41) is 0. The van der Waals surface area contributed by atoms with E-state index in [0.29, 0.717) is 6.42 Å². The van der Waals surface area contributed by atoms with Crippen molar-refractivity contribution < 1.29 is 23.9 Å². The van der Waals surface area contributed by atoms with Gasteiger partial charge in [-0.1, -0.05) is 6.92 Å². The number of Topliss-reactive ketones (excluding diaryl/α,β-unsaturated/α-hetero) is 1. The van der Waals surface area contributed by atoms with Gasteiger partial charge < -0.3 is 9.47 Å². The summed E-state index contributed by atoms with van der Waals surface area (Å²) in [5.41, 5.74) is 0. The van der Waals surface area contributed by atoms with Crippen molar-refractivity contribution >= 4 is 17.7 Å². The lowest BCUT2D eigenvalue weighted by molar-refractivity contribution is -0.165. The average molecular weight is 202 g/mol. The second-order valence-corrected chi connectivity index (χ2v) is 2.72. The molecule has 0 saturated carbocycles. The second-order valence-electron chi connectivity index (χ2n) is 2.72. The Morgan fingerprint density at radius 3 is 2.21 bits per heavy atom. The molecule has 5 heteroatoms. The SMILES string of the molecule is CCC(=O)CC(OC(C)=O)C(=O)OC. The van der Waals surface area contributed by atoms with Crippen molar-refractivity contribution in [3.05, 3.63) is 0 Å².